The maximum absolute atomic E-state index is 12.2. The molecule has 0 saturated heterocycles. The minimum atomic E-state index is -4.83. The average Bonchev–Trinajstić information content (AvgIpc) is 2.91. The first-order valence-corrected chi connectivity index (χ1v) is 6.92. The molecule has 0 aliphatic heterocycles. The number of rotatable bonds is 5. The number of aliphatic hydroxyl groups is 1. The Morgan fingerprint density at radius 2 is 2.12 bits per heavy atom. The summed E-state index contributed by atoms with van der Waals surface area (Å²) in [7, 11) is 1.68. The van der Waals surface area contributed by atoms with E-state index < -0.39 is 23.6 Å². The highest BCUT2D eigenvalue weighted by molar-refractivity contribution is 5.94. The lowest BCUT2D eigenvalue weighted by atomic mass is 9.99. The molecule has 0 saturated carbocycles. The topological polar surface area (TPSA) is 76.4 Å². The van der Waals surface area contributed by atoms with E-state index in [0.29, 0.717) is 5.56 Å². The molecule has 130 valence electrons. The number of nitrogens with zero attached hydrogens (tertiary/aromatic N) is 2. The van der Waals surface area contributed by atoms with Crippen LogP contribution < -0.4 is 10.1 Å². The van der Waals surface area contributed by atoms with Crippen LogP contribution in [0.5, 0.6) is 5.75 Å². The molecule has 0 spiro atoms. The zero-order valence-corrected chi connectivity index (χ0v) is 13.0. The Kier molecular flexibility index (Phi) is 4.83. The van der Waals surface area contributed by atoms with E-state index in [2.05, 4.69) is 15.2 Å². The van der Waals surface area contributed by atoms with Gasteiger partial charge < -0.3 is 15.2 Å². The lowest BCUT2D eigenvalue weighted by molar-refractivity contribution is -0.274. The van der Waals surface area contributed by atoms with Crippen LogP contribution in [-0.2, 0) is 12.6 Å². The van der Waals surface area contributed by atoms with Crippen LogP contribution in [0.3, 0.4) is 0 Å². The Labute approximate surface area is 135 Å². The Balaban J connectivity index is 2.03. The lowest BCUT2D eigenvalue weighted by Gasteiger charge is -2.22. The Morgan fingerprint density at radius 3 is 2.71 bits per heavy atom. The summed E-state index contributed by atoms with van der Waals surface area (Å²) in [5, 5.41) is 16.8. The zero-order chi connectivity index (χ0) is 18.0. The van der Waals surface area contributed by atoms with Gasteiger partial charge >= 0.3 is 6.36 Å². The van der Waals surface area contributed by atoms with Gasteiger partial charge in [0.2, 0.25) is 0 Å². The average molecular weight is 343 g/mol. The fourth-order valence-electron chi connectivity index (χ4n) is 1.99. The van der Waals surface area contributed by atoms with E-state index >= 15 is 0 Å². The number of nitrogens with one attached hydrogen (secondary N) is 1. The van der Waals surface area contributed by atoms with Crippen molar-refractivity contribution in [3.63, 3.8) is 0 Å². The first-order valence-electron chi connectivity index (χ1n) is 6.92. The number of amides is 1. The molecule has 0 fully saturated rings. The largest absolute Gasteiger partial charge is 0.573 e. The SMILES string of the molecule is Cn1cc(C(C)(O)CNC(=O)c2cccc(OC(F)(F)F)c2)cn1. The molecule has 2 N–H and O–H groups in total. The summed E-state index contributed by atoms with van der Waals surface area (Å²) in [5.74, 6) is -1.12. The van der Waals surface area contributed by atoms with E-state index in [1.165, 1.54) is 29.9 Å². The summed E-state index contributed by atoms with van der Waals surface area (Å²) in [6.07, 6.45) is -1.77. The van der Waals surface area contributed by atoms with E-state index in [4.69, 9.17) is 0 Å². The number of alkyl halides is 3. The van der Waals surface area contributed by atoms with Crippen LogP contribution in [0.25, 0.3) is 0 Å². The summed E-state index contributed by atoms with van der Waals surface area (Å²) >= 11 is 0. The quantitative estimate of drug-likeness (QED) is 0.870. The summed E-state index contributed by atoms with van der Waals surface area (Å²) in [6.45, 7) is 1.36. The number of aromatic nitrogens is 2. The monoisotopic (exact) mass is 343 g/mol. The maximum atomic E-state index is 12.2. The number of carbonyl (C=O) groups is 1. The molecule has 0 aliphatic carbocycles. The van der Waals surface area contributed by atoms with Crippen molar-refractivity contribution < 1.29 is 27.8 Å². The molecule has 24 heavy (non-hydrogen) atoms. The van der Waals surface area contributed by atoms with Crippen LogP contribution in [0.15, 0.2) is 36.7 Å². The normalized spacial score (nSPS) is 14.1. The third-order valence-corrected chi connectivity index (χ3v) is 3.25. The van der Waals surface area contributed by atoms with Crippen LogP contribution in [0, 0.1) is 0 Å². The second-order valence-corrected chi connectivity index (χ2v) is 5.43. The van der Waals surface area contributed by atoms with Gasteiger partial charge in [0.1, 0.15) is 11.4 Å². The number of aryl methyl sites for hydroxylation is 1. The standard InChI is InChI=1S/C15H16F3N3O3/c1-14(23,11-7-20-21(2)8-11)9-19-13(22)10-4-3-5-12(6-10)24-15(16,17)18/h3-8,23H,9H2,1-2H3,(H,19,22). The van der Waals surface area contributed by atoms with Crippen molar-refractivity contribution >= 4 is 5.91 Å². The highest BCUT2D eigenvalue weighted by atomic mass is 19.4. The van der Waals surface area contributed by atoms with Crippen molar-refractivity contribution in [2.24, 2.45) is 7.05 Å². The third-order valence-electron chi connectivity index (χ3n) is 3.25. The first-order chi connectivity index (χ1) is 11.1. The van der Waals surface area contributed by atoms with Crippen LogP contribution >= 0.6 is 0 Å². The van der Waals surface area contributed by atoms with Crippen molar-refractivity contribution in [1.82, 2.24) is 15.1 Å². The molecule has 1 atom stereocenters. The molecule has 0 radical (unpaired) electrons. The summed E-state index contributed by atoms with van der Waals surface area (Å²) in [4.78, 5) is 12.1. The molecule has 1 aromatic heterocycles. The Hall–Kier alpha value is -2.55. The van der Waals surface area contributed by atoms with Gasteiger partial charge in [-0.05, 0) is 25.1 Å². The maximum Gasteiger partial charge on any atom is 0.573 e. The van der Waals surface area contributed by atoms with Gasteiger partial charge in [-0.15, -0.1) is 13.2 Å². The van der Waals surface area contributed by atoms with Gasteiger partial charge in [-0.25, -0.2) is 0 Å². The number of hydrogen-bond acceptors (Lipinski definition) is 4. The zero-order valence-electron chi connectivity index (χ0n) is 13.0. The van der Waals surface area contributed by atoms with Gasteiger partial charge in [-0.1, -0.05) is 6.07 Å². The summed E-state index contributed by atoms with van der Waals surface area (Å²) < 4.78 is 41.9. The second kappa shape index (κ2) is 6.52. The van der Waals surface area contributed by atoms with Gasteiger partial charge in [0.25, 0.3) is 5.91 Å². The summed E-state index contributed by atoms with van der Waals surface area (Å²) in [6, 6.07) is 4.68. The van der Waals surface area contributed by atoms with Gasteiger partial charge in [0.15, 0.2) is 0 Å². The minimum absolute atomic E-state index is 0.0151. The number of hydrogen-bond donors (Lipinski definition) is 2. The molecule has 0 aliphatic rings. The Morgan fingerprint density at radius 1 is 1.42 bits per heavy atom. The fraction of sp³-hybridized carbons (Fsp3) is 0.333. The van der Waals surface area contributed by atoms with E-state index in [-0.39, 0.29) is 12.1 Å². The van der Waals surface area contributed by atoms with E-state index in [1.54, 1.807) is 13.2 Å². The second-order valence-electron chi connectivity index (χ2n) is 5.43. The third kappa shape index (κ3) is 4.72. The van der Waals surface area contributed by atoms with Crippen molar-refractivity contribution in [1.29, 1.82) is 0 Å². The molecular formula is C15H16F3N3O3. The predicted octanol–water partition coefficient (Wildman–Crippen LogP) is 1.96. The highest BCUT2D eigenvalue weighted by Gasteiger charge is 2.31. The van der Waals surface area contributed by atoms with Crippen LogP contribution in [-0.4, -0.2) is 33.7 Å². The highest BCUT2D eigenvalue weighted by Crippen LogP contribution is 2.23. The lowest BCUT2D eigenvalue weighted by Crippen LogP contribution is -2.38. The van der Waals surface area contributed by atoms with Crippen LogP contribution in [0.1, 0.15) is 22.8 Å². The molecular weight excluding hydrogens is 327 g/mol. The molecule has 0 bridgehead atoms. The van der Waals surface area contributed by atoms with Gasteiger partial charge in [-0.2, -0.15) is 5.10 Å². The van der Waals surface area contributed by atoms with E-state index in [0.717, 1.165) is 12.1 Å². The summed E-state index contributed by atoms with van der Waals surface area (Å²) in [5.41, 5.74) is -0.887. The first kappa shape index (κ1) is 17.8. The number of halogens is 3. The van der Waals surface area contributed by atoms with E-state index in [1.807, 2.05) is 0 Å². The van der Waals surface area contributed by atoms with Gasteiger partial charge in [0.05, 0.1) is 12.7 Å². The predicted molar refractivity (Wildman–Crippen MR) is 78.2 cm³/mol. The molecule has 2 aromatic rings. The molecule has 1 unspecified atom stereocenters. The van der Waals surface area contributed by atoms with Crippen LogP contribution in [0.2, 0.25) is 0 Å². The van der Waals surface area contributed by atoms with E-state index in [9.17, 15) is 23.1 Å². The number of ether oxygens (including phenoxy) is 1. The number of benzene rings is 1. The van der Waals surface area contributed by atoms with Gasteiger partial charge in [0, 0.05) is 24.4 Å². The fourth-order valence-corrected chi connectivity index (χ4v) is 1.99. The molecule has 1 heterocycles. The van der Waals surface area contributed by atoms with Crippen molar-refractivity contribution in [3.05, 3.63) is 47.8 Å². The Bertz CT molecular complexity index is 726. The number of carbonyl (C=O) groups excluding carboxylic acids is 1. The molecule has 1 aromatic carbocycles. The van der Waals surface area contributed by atoms with Crippen LogP contribution in [0.4, 0.5) is 13.2 Å². The van der Waals surface area contributed by atoms with Crippen molar-refractivity contribution in [3.8, 4) is 5.75 Å². The van der Waals surface area contributed by atoms with Crippen molar-refractivity contribution in [2.75, 3.05) is 6.54 Å². The van der Waals surface area contributed by atoms with Gasteiger partial charge in [-0.3, -0.25) is 9.48 Å². The smallest absolute Gasteiger partial charge is 0.406 e. The molecule has 9 heteroatoms. The van der Waals surface area contributed by atoms with Crippen molar-refractivity contribution in [2.45, 2.75) is 18.9 Å². The molecule has 1 amide bonds. The molecule has 6 nitrogen and oxygen atoms in total. The minimum Gasteiger partial charge on any atom is -0.406 e. The molecule has 2 rings (SSSR count).